The van der Waals surface area contributed by atoms with Gasteiger partial charge in [-0.1, -0.05) is 26.0 Å². The van der Waals surface area contributed by atoms with E-state index in [1.807, 2.05) is 28.9 Å². The second kappa shape index (κ2) is 5.46. The highest BCUT2D eigenvalue weighted by Gasteiger charge is 2.07. The second-order valence-corrected chi connectivity index (χ2v) is 4.12. The summed E-state index contributed by atoms with van der Waals surface area (Å²) in [6.07, 6.45) is 1.73. The number of nitrogens with zero attached hydrogens (tertiary/aromatic N) is 4. The monoisotopic (exact) mass is 240 g/mol. The molecular formula is C14H16N4. The first-order valence-corrected chi connectivity index (χ1v) is 6.18. The van der Waals surface area contributed by atoms with Crippen LogP contribution in [0.3, 0.4) is 0 Å². The van der Waals surface area contributed by atoms with Gasteiger partial charge in [-0.3, -0.25) is 0 Å². The third-order valence-electron chi connectivity index (χ3n) is 2.84. The molecule has 0 amide bonds. The zero-order valence-electron chi connectivity index (χ0n) is 10.7. The molecule has 92 valence electrons. The zero-order valence-corrected chi connectivity index (χ0v) is 10.7. The van der Waals surface area contributed by atoms with Crippen molar-refractivity contribution in [3.63, 3.8) is 0 Å². The Morgan fingerprint density at radius 2 is 1.89 bits per heavy atom. The summed E-state index contributed by atoms with van der Waals surface area (Å²) in [5, 5.41) is 13.2. The predicted molar refractivity (Wildman–Crippen MR) is 69.0 cm³/mol. The van der Waals surface area contributed by atoms with Gasteiger partial charge < -0.3 is 0 Å². The Morgan fingerprint density at radius 3 is 2.44 bits per heavy atom. The van der Waals surface area contributed by atoms with Gasteiger partial charge in [0.2, 0.25) is 0 Å². The fraction of sp³-hybridized carbons (Fsp3) is 0.357. The molecule has 0 aliphatic carbocycles. The summed E-state index contributed by atoms with van der Waals surface area (Å²) in [5.74, 6) is 1.90. The summed E-state index contributed by atoms with van der Waals surface area (Å²) in [7, 11) is 0. The topological polar surface area (TPSA) is 54.5 Å². The van der Waals surface area contributed by atoms with Crippen LogP contribution in [0.2, 0.25) is 0 Å². The molecule has 0 saturated carbocycles. The van der Waals surface area contributed by atoms with Crippen molar-refractivity contribution in [2.24, 2.45) is 0 Å². The van der Waals surface area contributed by atoms with Crippen LogP contribution >= 0.6 is 0 Å². The van der Waals surface area contributed by atoms with E-state index in [2.05, 4.69) is 30.0 Å². The molecule has 0 aliphatic heterocycles. The third-order valence-corrected chi connectivity index (χ3v) is 2.84. The average molecular weight is 240 g/mol. The van der Waals surface area contributed by atoms with Crippen molar-refractivity contribution in [3.8, 4) is 6.07 Å². The van der Waals surface area contributed by atoms with Gasteiger partial charge in [0.15, 0.2) is 5.82 Å². The molecule has 0 radical (unpaired) electrons. The quantitative estimate of drug-likeness (QED) is 0.824. The molecule has 1 heterocycles. The van der Waals surface area contributed by atoms with E-state index < -0.39 is 0 Å². The zero-order chi connectivity index (χ0) is 13.0. The van der Waals surface area contributed by atoms with E-state index in [1.165, 1.54) is 0 Å². The highest BCUT2D eigenvalue weighted by Crippen LogP contribution is 2.08. The van der Waals surface area contributed by atoms with Gasteiger partial charge in [-0.15, -0.1) is 0 Å². The summed E-state index contributed by atoms with van der Waals surface area (Å²) in [4.78, 5) is 4.48. The van der Waals surface area contributed by atoms with Gasteiger partial charge in [0.05, 0.1) is 18.2 Å². The standard InChI is InChI=1S/C14H16N4/c1-3-13-16-14(4-2)18(17-13)10-12-7-5-11(9-15)6-8-12/h5-8H,3-4,10H2,1-2H3. The maximum absolute atomic E-state index is 8.76. The average Bonchev–Trinajstić information content (AvgIpc) is 2.82. The van der Waals surface area contributed by atoms with Crippen LogP contribution in [-0.2, 0) is 19.4 Å². The molecule has 0 N–H and O–H groups in total. The van der Waals surface area contributed by atoms with Crippen LogP contribution in [0.5, 0.6) is 0 Å². The summed E-state index contributed by atoms with van der Waals surface area (Å²) >= 11 is 0. The van der Waals surface area contributed by atoms with E-state index in [-0.39, 0.29) is 0 Å². The van der Waals surface area contributed by atoms with Gasteiger partial charge in [-0.05, 0) is 17.7 Å². The smallest absolute Gasteiger partial charge is 0.150 e. The fourth-order valence-electron chi connectivity index (χ4n) is 1.82. The maximum atomic E-state index is 8.76. The van der Waals surface area contributed by atoms with Crippen molar-refractivity contribution in [3.05, 3.63) is 47.0 Å². The molecule has 1 aromatic heterocycles. The van der Waals surface area contributed by atoms with Crippen LogP contribution in [0, 0.1) is 11.3 Å². The number of rotatable bonds is 4. The number of hydrogen-bond donors (Lipinski definition) is 0. The van der Waals surface area contributed by atoms with E-state index >= 15 is 0 Å². The van der Waals surface area contributed by atoms with Crippen molar-refractivity contribution < 1.29 is 0 Å². The minimum absolute atomic E-state index is 0.683. The largest absolute Gasteiger partial charge is 0.245 e. The van der Waals surface area contributed by atoms with Gasteiger partial charge in [-0.2, -0.15) is 10.4 Å². The van der Waals surface area contributed by atoms with Crippen molar-refractivity contribution in [1.29, 1.82) is 5.26 Å². The molecule has 0 bridgehead atoms. The van der Waals surface area contributed by atoms with Crippen LogP contribution < -0.4 is 0 Å². The van der Waals surface area contributed by atoms with Crippen LogP contribution in [0.25, 0.3) is 0 Å². The van der Waals surface area contributed by atoms with Crippen LogP contribution in [-0.4, -0.2) is 14.8 Å². The molecule has 18 heavy (non-hydrogen) atoms. The number of aromatic nitrogens is 3. The Hall–Kier alpha value is -2.15. The lowest BCUT2D eigenvalue weighted by atomic mass is 10.1. The predicted octanol–water partition coefficient (Wildman–Crippen LogP) is 2.32. The molecule has 1 aromatic carbocycles. The highest BCUT2D eigenvalue weighted by atomic mass is 15.3. The Labute approximate surface area is 107 Å². The summed E-state index contributed by atoms with van der Waals surface area (Å²) < 4.78 is 1.94. The van der Waals surface area contributed by atoms with Gasteiger partial charge >= 0.3 is 0 Å². The number of nitriles is 1. The molecule has 0 saturated heterocycles. The molecule has 0 atom stereocenters. The lowest BCUT2D eigenvalue weighted by Gasteiger charge is -2.04. The minimum Gasteiger partial charge on any atom is -0.245 e. The molecule has 2 rings (SSSR count). The molecule has 0 aliphatic rings. The normalized spacial score (nSPS) is 10.3. The Balaban J connectivity index is 2.22. The molecular weight excluding hydrogens is 224 g/mol. The van der Waals surface area contributed by atoms with Crippen molar-refractivity contribution in [2.45, 2.75) is 33.2 Å². The lowest BCUT2D eigenvalue weighted by molar-refractivity contribution is 0.637. The maximum Gasteiger partial charge on any atom is 0.150 e. The number of benzene rings is 1. The summed E-state index contributed by atoms with van der Waals surface area (Å²) in [6, 6.07) is 9.71. The minimum atomic E-state index is 0.683. The van der Waals surface area contributed by atoms with E-state index in [0.29, 0.717) is 12.1 Å². The molecule has 2 aromatic rings. The van der Waals surface area contributed by atoms with E-state index in [4.69, 9.17) is 5.26 Å². The van der Waals surface area contributed by atoms with Crippen molar-refractivity contribution in [1.82, 2.24) is 14.8 Å². The van der Waals surface area contributed by atoms with Crippen LogP contribution in [0.15, 0.2) is 24.3 Å². The Morgan fingerprint density at radius 1 is 1.17 bits per heavy atom. The fourth-order valence-corrected chi connectivity index (χ4v) is 1.82. The van der Waals surface area contributed by atoms with E-state index in [1.54, 1.807) is 0 Å². The van der Waals surface area contributed by atoms with Gasteiger partial charge in [0.25, 0.3) is 0 Å². The van der Waals surface area contributed by atoms with E-state index in [0.717, 1.165) is 30.1 Å². The third kappa shape index (κ3) is 2.57. The second-order valence-electron chi connectivity index (χ2n) is 4.12. The van der Waals surface area contributed by atoms with Crippen molar-refractivity contribution in [2.75, 3.05) is 0 Å². The van der Waals surface area contributed by atoms with Crippen molar-refractivity contribution >= 4 is 0 Å². The molecule has 0 spiro atoms. The molecule has 0 fully saturated rings. The Bertz CT molecular complexity index is 560. The first-order chi connectivity index (χ1) is 8.76. The lowest BCUT2D eigenvalue weighted by Crippen LogP contribution is -2.06. The van der Waals surface area contributed by atoms with Crippen LogP contribution in [0.4, 0.5) is 0 Å². The Kier molecular flexibility index (Phi) is 3.73. The molecule has 0 unspecified atom stereocenters. The number of hydrogen-bond acceptors (Lipinski definition) is 3. The summed E-state index contributed by atoms with van der Waals surface area (Å²) in [6.45, 7) is 4.85. The SMILES string of the molecule is CCc1nc(CC)n(Cc2ccc(C#N)cc2)n1. The highest BCUT2D eigenvalue weighted by molar-refractivity contribution is 5.31. The molecule has 4 heteroatoms. The van der Waals surface area contributed by atoms with Gasteiger partial charge in [-0.25, -0.2) is 9.67 Å². The van der Waals surface area contributed by atoms with Crippen LogP contribution in [0.1, 0.15) is 36.6 Å². The van der Waals surface area contributed by atoms with Gasteiger partial charge in [0.1, 0.15) is 5.82 Å². The summed E-state index contributed by atoms with van der Waals surface area (Å²) in [5.41, 5.74) is 1.82. The number of aryl methyl sites for hydroxylation is 2. The molecule has 4 nitrogen and oxygen atoms in total. The first kappa shape index (κ1) is 12.3. The van der Waals surface area contributed by atoms with Gasteiger partial charge in [0, 0.05) is 12.8 Å². The first-order valence-electron chi connectivity index (χ1n) is 6.18. The van der Waals surface area contributed by atoms with E-state index in [9.17, 15) is 0 Å².